The Morgan fingerprint density at radius 2 is 1.19 bits per heavy atom. The fourth-order valence-corrected chi connectivity index (χ4v) is 6.29. The van der Waals surface area contributed by atoms with Crippen LogP contribution in [0.1, 0.15) is 11.1 Å². The predicted octanol–water partition coefficient (Wildman–Crippen LogP) is 4.09. The molecule has 0 unspecified atom stereocenters. The van der Waals surface area contributed by atoms with Crippen LogP contribution in [0.5, 0.6) is 0 Å². The Balaban J connectivity index is 0.000000260. The molecule has 2 aromatic rings. The van der Waals surface area contributed by atoms with Crippen molar-refractivity contribution >= 4 is 67.5 Å². The van der Waals surface area contributed by atoms with Gasteiger partial charge in [0.25, 0.3) is 0 Å². The van der Waals surface area contributed by atoms with E-state index in [0.29, 0.717) is 19.4 Å². The summed E-state index contributed by atoms with van der Waals surface area (Å²) in [6, 6.07) is 9.85. The van der Waals surface area contributed by atoms with Crippen LogP contribution in [0.2, 0.25) is 0 Å². The van der Waals surface area contributed by atoms with Crippen LogP contribution in [0.15, 0.2) is 55.1 Å². The molecular weight excluding hydrogens is 576 g/mol. The number of sulfone groups is 2. The molecule has 0 amide bonds. The summed E-state index contributed by atoms with van der Waals surface area (Å²) in [5.74, 6) is 0. The molecule has 10 heteroatoms. The molecule has 144 valence electrons. The Kier molecular flexibility index (Phi) is 8.95. The van der Waals surface area contributed by atoms with Gasteiger partial charge in [-0.25, -0.2) is 16.8 Å². The summed E-state index contributed by atoms with van der Waals surface area (Å²) in [6.07, 6.45) is 2.34. The third-order valence-corrected chi connectivity index (χ3v) is 7.92. The normalized spacial score (nSPS) is 11.6. The van der Waals surface area contributed by atoms with E-state index >= 15 is 0 Å². The zero-order valence-electron chi connectivity index (χ0n) is 13.9. The minimum Gasteiger partial charge on any atom is -0.392 e. The lowest BCUT2D eigenvalue weighted by atomic mass is 10.2. The zero-order chi connectivity index (χ0) is 20.1. The average Bonchev–Trinajstić information content (AvgIpc) is 2.52. The molecule has 0 radical (unpaired) electrons. The molecule has 5 nitrogen and oxygen atoms in total. The number of rotatable bonds is 4. The highest BCUT2D eigenvalue weighted by Crippen LogP contribution is 2.24. The third-order valence-electron chi connectivity index (χ3n) is 3.13. The quantitative estimate of drug-likeness (QED) is 0.540. The SMILES string of the molecule is CS(=O)(=O)c1ccc(CBr)cc1Br.CS(=O)(=O)c1ccc(CO)cc1Br. The van der Waals surface area contributed by atoms with Gasteiger partial charge in [0.2, 0.25) is 0 Å². The van der Waals surface area contributed by atoms with Crippen LogP contribution in [0.25, 0.3) is 0 Å². The molecule has 0 atom stereocenters. The molecule has 0 bridgehead atoms. The molecule has 0 aromatic heterocycles. The lowest BCUT2D eigenvalue weighted by molar-refractivity contribution is 0.281. The van der Waals surface area contributed by atoms with E-state index in [1.54, 1.807) is 30.3 Å². The minimum atomic E-state index is -3.19. The summed E-state index contributed by atoms with van der Waals surface area (Å²) in [7, 11) is -6.31. The van der Waals surface area contributed by atoms with Crippen molar-refractivity contribution in [2.75, 3.05) is 12.5 Å². The van der Waals surface area contributed by atoms with Crippen LogP contribution >= 0.6 is 47.8 Å². The summed E-state index contributed by atoms with van der Waals surface area (Å²) in [6.45, 7) is -0.0946. The monoisotopic (exact) mass is 590 g/mol. The Morgan fingerprint density at radius 3 is 1.50 bits per heavy atom. The molecule has 0 spiro atoms. The Labute approximate surface area is 179 Å². The summed E-state index contributed by atoms with van der Waals surface area (Å²) in [4.78, 5) is 0.571. The standard InChI is InChI=1S/C8H8Br2O2S.C8H9BrO3S/c1-13(11,12)8-3-2-6(5-9)4-7(8)10;1-13(11,12)8-3-2-6(5-10)4-7(8)9/h2-4H,5H2,1H3;2-4,10H,5H2,1H3. The highest BCUT2D eigenvalue weighted by Gasteiger charge is 2.12. The molecule has 0 saturated carbocycles. The molecule has 0 heterocycles. The van der Waals surface area contributed by atoms with E-state index in [1.165, 1.54) is 12.3 Å². The van der Waals surface area contributed by atoms with Gasteiger partial charge in [-0.05, 0) is 67.3 Å². The molecule has 0 aliphatic rings. The van der Waals surface area contributed by atoms with Crippen LogP contribution in [0.4, 0.5) is 0 Å². The molecule has 1 N–H and O–H groups in total. The van der Waals surface area contributed by atoms with Gasteiger partial charge in [0.15, 0.2) is 19.7 Å². The van der Waals surface area contributed by atoms with Crippen molar-refractivity contribution in [1.29, 1.82) is 0 Å². The number of halogens is 3. The molecule has 2 rings (SSSR count). The van der Waals surface area contributed by atoms with Gasteiger partial charge < -0.3 is 5.11 Å². The fraction of sp³-hybridized carbons (Fsp3) is 0.250. The summed E-state index contributed by atoms with van der Waals surface area (Å²) < 4.78 is 45.8. The second-order valence-electron chi connectivity index (χ2n) is 5.37. The molecule has 0 aliphatic heterocycles. The third kappa shape index (κ3) is 7.05. The number of hydrogen-bond donors (Lipinski definition) is 1. The van der Waals surface area contributed by atoms with Crippen molar-refractivity contribution in [2.24, 2.45) is 0 Å². The van der Waals surface area contributed by atoms with Crippen LogP contribution in [-0.4, -0.2) is 34.5 Å². The first kappa shape index (κ1) is 23.8. The Morgan fingerprint density at radius 1 is 0.808 bits per heavy atom. The number of aliphatic hydroxyl groups is 1. The van der Waals surface area contributed by atoms with E-state index in [1.807, 2.05) is 0 Å². The van der Waals surface area contributed by atoms with E-state index in [2.05, 4.69) is 47.8 Å². The van der Waals surface area contributed by atoms with Crippen molar-refractivity contribution < 1.29 is 21.9 Å². The number of hydrogen-bond acceptors (Lipinski definition) is 5. The van der Waals surface area contributed by atoms with Crippen LogP contribution < -0.4 is 0 Å². The first-order chi connectivity index (χ1) is 11.9. The smallest absolute Gasteiger partial charge is 0.176 e. The molecule has 2 aromatic carbocycles. The van der Waals surface area contributed by atoms with E-state index in [0.717, 1.165) is 17.1 Å². The number of alkyl halides is 1. The summed E-state index contributed by atoms with van der Waals surface area (Å²) >= 11 is 9.65. The molecule has 26 heavy (non-hydrogen) atoms. The molecule has 0 aliphatic carbocycles. The highest BCUT2D eigenvalue weighted by molar-refractivity contribution is 9.10. The van der Waals surface area contributed by atoms with Gasteiger partial charge in [0, 0.05) is 26.8 Å². The average molecular weight is 593 g/mol. The number of aliphatic hydroxyl groups excluding tert-OH is 1. The molecular formula is C16H17Br3O5S2. The van der Waals surface area contributed by atoms with Gasteiger partial charge in [-0.2, -0.15) is 0 Å². The topological polar surface area (TPSA) is 88.5 Å². The van der Waals surface area contributed by atoms with Crippen molar-refractivity contribution in [3.05, 3.63) is 56.5 Å². The zero-order valence-corrected chi connectivity index (χ0v) is 20.3. The Hall–Kier alpha value is -0.260. The van der Waals surface area contributed by atoms with Crippen molar-refractivity contribution in [3.8, 4) is 0 Å². The van der Waals surface area contributed by atoms with Crippen LogP contribution in [-0.2, 0) is 31.6 Å². The van der Waals surface area contributed by atoms with Gasteiger partial charge in [0.05, 0.1) is 16.4 Å². The highest BCUT2D eigenvalue weighted by atomic mass is 79.9. The van der Waals surface area contributed by atoms with Gasteiger partial charge in [-0.15, -0.1) is 0 Å². The van der Waals surface area contributed by atoms with Crippen molar-refractivity contribution in [1.82, 2.24) is 0 Å². The number of benzene rings is 2. The van der Waals surface area contributed by atoms with Gasteiger partial charge in [0.1, 0.15) is 0 Å². The maximum Gasteiger partial charge on any atom is 0.176 e. The molecule has 0 fully saturated rings. The second-order valence-corrected chi connectivity index (χ2v) is 11.6. The summed E-state index contributed by atoms with van der Waals surface area (Å²) in [5, 5.41) is 9.50. The lowest BCUT2D eigenvalue weighted by Gasteiger charge is -2.03. The maximum atomic E-state index is 11.2. The van der Waals surface area contributed by atoms with Crippen molar-refractivity contribution in [2.45, 2.75) is 21.7 Å². The summed E-state index contributed by atoms with van der Waals surface area (Å²) in [5.41, 5.74) is 1.72. The van der Waals surface area contributed by atoms with E-state index in [-0.39, 0.29) is 11.5 Å². The molecule has 0 saturated heterocycles. The van der Waals surface area contributed by atoms with Crippen LogP contribution in [0.3, 0.4) is 0 Å². The van der Waals surface area contributed by atoms with E-state index < -0.39 is 19.7 Å². The minimum absolute atomic E-state index is 0.0946. The predicted molar refractivity (Wildman–Crippen MR) is 113 cm³/mol. The second kappa shape index (κ2) is 9.79. The van der Waals surface area contributed by atoms with E-state index in [9.17, 15) is 16.8 Å². The van der Waals surface area contributed by atoms with E-state index in [4.69, 9.17) is 5.11 Å². The van der Waals surface area contributed by atoms with Gasteiger partial charge in [-0.1, -0.05) is 28.1 Å². The van der Waals surface area contributed by atoms with Gasteiger partial charge in [-0.3, -0.25) is 0 Å². The lowest BCUT2D eigenvalue weighted by Crippen LogP contribution is -1.98. The van der Waals surface area contributed by atoms with Gasteiger partial charge >= 0.3 is 0 Å². The first-order valence-corrected chi connectivity index (χ1v) is 13.5. The fourth-order valence-electron chi connectivity index (χ4n) is 1.87. The maximum absolute atomic E-state index is 11.2. The van der Waals surface area contributed by atoms with Crippen molar-refractivity contribution in [3.63, 3.8) is 0 Å². The van der Waals surface area contributed by atoms with Crippen LogP contribution in [0, 0.1) is 0 Å². The largest absolute Gasteiger partial charge is 0.392 e. The first-order valence-electron chi connectivity index (χ1n) is 7.04. The Bertz CT molecular complexity index is 905.